The molecule has 0 aliphatic carbocycles. The number of carbonyl (C=O) groups is 1. The van der Waals surface area contributed by atoms with E-state index in [1.165, 1.54) is 0 Å². The van der Waals surface area contributed by atoms with Gasteiger partial charge in [-0.15, -0.1) is 0 Å². The van der Waals surface area contributed by atoms with Crippen molar-refractivity contribution in [1.82, 2.24) is 4.90 Å². The van der Waals surface area contributed by atoms with Crippen molar-refractivity contribution in [3.05, 3.63) is 0 Å². The molecular weight excluding hydrogens is 147 g/mol. The Bertz CT molecular complexity index is 163. The van der Waals surface area contributed by atoms with Crippen molar-refractivity contribution in [2.75, 3.05) is 20.1 Å². The van der Waals surface area contributed by atoms with E-state index in [4.69, 9.17) is 5.73 Å². The molecule has 1 heterocycles. The first-order chi connectivity index (χ1) is 5.11. The Hall–Kier alpha value is -0.640. The van der Waals surface area contributed by atoms with Crippen molar-refractivity contribution in [3.8, 4) is 0 Å². The maximum atomic E-state index is 12.9. The Morgan fingerprint density at radius 2 is 2.45 bits per heavy atom. The first-order valence-electron chi connectivity index (χ1n) is 3.73. The summed E-state index contributed by atoms with van der Waals surface area (Å²) < 4.78 is 12.9. The van der Waals surface area contributed by atoms with Crippen molar-refractivity contribution < 1.29 is 9.18 Å². The van der Waals surface area contributed by atoms with Crippen molar-refractivity contribution in [3.63, 3.8) is 0 Å². The van der Waals surface area contributed by atoms with E-state index in [0.29, 0.717) is 6.54 Å². The lowest BCUT2D eigenvalue weighted by Crippen LogP contribution is -2.32. The van der Waals surface area contributed by atoms with E-state index >= 15 is 0 Å². The maximum absolute atomic E-state index is 12.9. The third kappa shape index (κ3) is 1.89. The van der Waals surface area contributed by atoms with Crippen molar-refractivity contribution in [2.45, 2.75) is 12.6 Å². The van der Waals surface area contributed by atoms with Gasteiger partial charge in [-0.2, -0.15) is 0 Å². The molecule has 2 unspecified atom stereocenters. The van der Waals surface area contributed by atoms with Crippen molar-refractivity contribution >= 4 is 5.91 Å². The number of likely N-dealkylation sites (tertiary alicyclic amines) is 1. The van der Waals surface area contributed by atoms with Gasteiger partial charge in [-0.05, 0) is 20.0 Å². The van der Waals surface area contributed by atoms with Crippen LogP contribution >= 0.6 is 0 Å². The van der Waals surface area contributed by atoms with Crippen LogP contribution in [0.5, 0.6) is 0 Å². The summed E-state index contributed by atoms with van der Waals surface area (Å²) in [5, 5.41) is 0. The lowest BCUT2D eigenvalue weighted by molar-refractivity contribution is -0.124. The van der Waals surface area contributed by atoms with Gasteiger partial charge >= 0.3 is 0 Å². The van der Waals surface area contributed by atoms with Crippen LogP contribution in [0.4, 0.5) is 4.39 Å². The van der Waals surface area contributed by atoms with Crippen LogP contribution in [0.15, 0.2) is 0 Å². The molecule has 1 aliphatic rings. The minimum Gasteiger partial charge on any atom is -0.367 e. The highest BCUT2D eigenvalue weighted by atomic mass is 19.1. The van der Waals surface area contributed by atoms with Gasteiger partial charge in [-0.3, -0.25) is 4.79 Å². The first-order valence-corrected chi connectivity index (χ1v) is 3.73. The highest BCUT2D eigenvalue weighted by molar-refractivity contribution is 5.79. The summed E-state index contributed by atoms with van der Waals surface area (Å²) in [4.78, 5) is 12.4. The van der Waals surface area contributed by atoms with Crippen LogP contribution in [-0.4, -0.2) is 37.1 Å². The topological polar surface area (TPSA) is 46.3 Å². The predicted octanol–water partition coefficient (Wildman–Crippen LogP) is -0.238. The predicted molar refractivity (Wildman–Crippen MR) is 39.7 cm³/mol. The molecule has 0 spiro atoms. The van der Waals surface area contributed by atoms with Crippen LogP contribution in [0.25, 0.3) is 0 Å². The second kappa shape index (κ2) is 3.17. The van der Waals surface area contributed by atoms with Crippen LogP contribution in [0, 0.1) is 5.92 Å². The van der Waals surface area contributed by atoms with Gasteiger partial charge in [0.05, 0.1) is 0 Å². The molecule has 2 atom stereocenters. The molecule has 0 aromatic carbocycles. The zero-order chi connectivity index (χ0) is 8.43. The minimum atomic E-state index is -1.46. The fourth-order valence-electron chi connectivity index (χ4n) is 1.44. The largest absolute Gasteiger partial charge is 0.367 e. The number of amides is 1. The fourth-order valence-corrected chi connectivity index (χ4v) is 1.44. The van der Waals surface area contributed by atoms with E-state index < -0.39 is 12.1 Å². The molecule has 11 heavy (non-hydrogen) atoms. The number of nitrogens with zero attached hydrogens (tertiary/aromatic N) is 1. The summed E-state index contributed by atoms with van der Waals surface area (Å²) in [5.74, 6) is -1.01. The number of nitrogens with two attached hydrogens (primary N) is 1. The summed E-state index contributed by atoms with van der Waals surface area (Å²) in [5.41, 5.74) is 4.83. The smallest absolute Gasteiger partial charge is 0.252 e. The number of carbonyl (C=O) groups excluding carboxylic acids is 1. The van der Waals surface area contributed by atoms with Gasteiger partial charge in [-0.1, -0.05) is 0 Å². The Labute approximate surface area is 65.3 Å². The van der Waals surface area contributed by atoms with E-state index in [9.17, 15) is 9.18 Å². The van der Waals surface area contributed by atoms with E-state index in [1.54, 1.807) is 0 Å². The molecule has 4 heteroatoms. The molecule has 0 saturated carbocycles. The number of hydrogen-bond donors (Lipinski definition) is 1. The fraction of sp³-hybridized carbons (Fsp3) is 0.857. The number of alkyl halides is 1. The molecular formula is C7H13FN2O. The SMILES string of the molecule is CN1CCC(C(F)C(N)=O)C1. The molecule has 1 rings (SSSR count). The molecule has 0 bridgehead atoms. The molecule has 0 aromatic rings. The van der Waals surface area contributed by atoms with Crippen LogP contribution < -0.4 is 5.73 Å². The van der Waals surface area contributed by atoms with Crippen LogP contribution in [0.3, 0.4) is 0 Å². The number of primary amides is 1. The van der Waals surface area contributed by atoms with Crippen LogP contribution in [0.1, 0.15) is 6.42 Å². The zero-order valence-corrected chi connectivity index (χ0v) is 6.59. The standard InChI is InChI=1S/C7H13FN2O/c1-10-3-2-5(4-10)6(8)7(9)11/h5-6H,2-4H2,1H3,(H2,9,11). The van der Waals surface area contributed by atoms with Gasteiger partial charge in [-0.25, -0.2) is 4.39 Å². The summed E-state index contributed by atoms with van der Waals surface area (Å²) in [6, 6.07) is 0. The van der Waals surface area contributed by atoms with E-state index in [2.05, 4.69) is 0 Å². The quantitative estimate of drug-likeness (QED) is 0.606. The summed E-state index contributed by atoms with van der Waals surface area (Å²) in [7, 11) is 1.91. The van der Waals surface area contributed by atoms with E-state index in [-0.39, 0.29) is 5.92 Å². The second-order valence-corrected chi connectivity index (χ2v) is 3.12. The van der Waals surface area contributed by atoms with Gasteiger partial charge in [0.25, 0.3) is 5.91 Å². The number of hydrogen-bond acceptors (Lipinski definition) is 2. The number of rotatable bonds is 2. The zero-order valence-electron chi connectivity index (χ0n) is 6.59. The molecule has 1 amide bonds. The molecule has 1 saturated heterocycles. The molecule has 0 aromatic heterocycles. The Morgan fingerprint density at radius 3 is 2.82 bits per heavy atom. The normalized spacial score (nSPS) is 28.7. The van der Waals surface area contributed by atoms with Crippen molar-refractivity contribution in [1.29, 1.82) is 0 Å². The van der Waals surface area contributed by atoms with Gasteiger partial charge in [0.1, 0.15) is 0 Å². The van der Waals surface area contributed by atoms with Crippen LogP contribution in [-0.2, 0) is 4.79 Å². The summed E-state index contributed by atoms with van der Waals surface area (Å²) in [6.45, 7) is 1.50. The molecule has 3 nitrogen and oxygen atoms in total. The highest BCUT2D eigenvalue weighted by Gasteiger charge is 2.30. The lowest BCUT2D eigenvalue weighted by atomic mass is 10.0. The summed E-state index contributed by atoms with van der Waals surface area (Å²) >= 11 is 0. The van der Waals surface area contributed by atoms with Gasteiger partial charge in [0.2, 0.25) is 0 Å². The third-order valence-corrected chi connectivity index (χ3v) is 2.11. The molecule has 1 aliphatic heterocycles. The minimum absolute atomic E-state index is 0.183. The van der Waals surface area contributed by atoms with Gasteiger partial charge in [0, 0.05) is 12.5 Å². The highest BCUT2D eigenvalue weighted by Crippen LogP contribution is 2.19. The Balaban J connectivity index is 2.43. The third-order valence-electron chi connectivity index (χ3n) is 2.11. The average molecular weight is 160 g/mol. The van der Waals surface area contributed by atoms with Gasteiger partial charge < -0.3 is 10.6 Å². The second-order valence-electron chi connectivity index (χ2n) is 3.12. The lowest BCUT2D eigenvalue weighted by Gasteiger charge is -2.11. The Morgan fingerprint density at radius 1 is 1.82 bits per heavy atom. The molecule has 2 N–H and O–H groups in total. The van der Waals surface area contributed by atoms with E-state index in [1.807, 2.05) is 11.9 Å². The number of halogens is 1. The van der Waals surface area contributed by atoms with E-state index in [0.717, 1.165) is 13.0 Å². The maximum Gasteiger partial charge on any atom is 0.252 e. The molecule has 0 radical (unpaired) electrons. The molecule has 1 fully saturated rings. The van der Waals surface area contributed by atoms with Gasteiger partial charge in [0.15, 0.2) is 6.17 Å². The van der Waals surface area contributed by atoms with Crippen molar-refractivity contribution in [2.24, 2.45) is 11.7 Å². The monoisotopic (exact) mass is 160 g/mol. The first kappa shape index (κ1) is 8.46. The Kier molecular flexibility index (Phi) is 2.44. The average Bonchev–Trinajstić information content (AvgIpc) is 2.34. The summed E-state index contributed by atoms with van der Waals surface area (Å²) in [6.07, 6.45) is -0.722. The molecule has 64 valence electrons. The van der Waals surface area contributed by atoms with Crippen LogP contribution in [0.2, 0.25) is 0 Å².